The molecule has 0 spiro atoms. The highest BCUT2D eigenvalue weighted by Crippen LogP contribution is 2.42. The topological polar surface area (TPSA) is 49.4 Å². The van der Waals surface area contributed by atoms with E-state index >= 15 is 0 Å². The second kappa shape index (κ2) is 5.58. The maximum Gasteiger partial charge on any atom is 0.249 e. The van der Waals surface area contributed by atoms with E-state index in [4.69, 9.17) is 0 Å². The molecular formula is C16H26N2O2. The first-order chi connectivity index (χ1) is 9.40. The summed E-state index contributed by atoms with van der Waals surface area (Å²) in [5.41, 5.74) is -0.688. The second-order valence-electron chi connectivity index (χ2n) is 6.64. The van der Waals surface area contributed by atoms with Gasteiger partial charge in [-0.05, 0) is 44.9 Å². The Balaban J connectivity index is 2.25. The van der Waals surface area contributed by atoms with Gasteiger partial charge < -0.3 is 10.2 Å². The first kappa shape index (κ1) is 15.1. The van der Waals surface area contributed by atoms with Crippen molar-refractivity contribution in [1.82, 2.24) is 10.2 Å². The van der Waals surface area contributed by atoms with E-state index in [1.54, 1.807) is 4.90 Å². The van der Waals surface area contributed by atoms with E-state index in [0.717, 1.165) is 19.3 Å². The predicted molar refractivity (Wildman–Crippen MR) is 79.0 cm³/mol. The molecule has 1 aliphatic heterocycles. The molecule has 2 atom stereocenters. The zero-order valence-corrected chi connectivity index (χ0v) is 13.0. The van der Waals surface area contributed by atoms with E-state index in [0.29, 0.717) is 18.4 Å². The van der Waals surface area contributed by atoms with Crippen LogP contribution in [-0.4, -0.2) is 34.8 Å². The van der Waals surface area contributed by atoms with Crippen molar-refractivity contribution < 1.29 is 9.59 Å². The van der Waals surface area contributed by atoms with Gasteiger partial charge in [-0.2, -0.15) is 0 Å². The van der Waals surface area contributed by atoms with Gasteiger partial charge in [-0.1, -0.05) is 26.0 Å². The van der Waals surface area contributed by atoms with Crippen molar-refractivity contribution in [2.24, 2.45) is 11.8 Å². The molecule has 0 aromatic carbocycles. The number of amides is 2. The molecule has 4 heteroatoms. The van der Waals surface area contributed by atoms with Gasteiger partial charge in [0.25, 0.3) is 0 Å². The van der Waals surface area contributed by atoms with Crippen LogP contribution in [0.1, 0.15) is 47.0 Å². The number of carbonyl (C=O) groups excluding carboxylic acids is 2. The fourth-order valence-corrected chi connectivity index (χ4v) is 3.02. The number of nitrogens with one attached hydrogen (secondary N) is 1. The van der Waals surface area contributed by atoms with Gasteiger partial charge in [-0.15, -0.1) is 0 Å². The molecule has 1 heterocycles. The van der Waals surface area contributed by atoms with Gasteiger partial charge in [0.1, 0.15) is 11.6 Å². The Labute approximate surface area is 121 Å². The number of hydrogen-bond donors (Lipinski definition) is 1. The van der Waals surface area contributed by atoms with Crippen LogP contribution in [0.4, 0.5) is 0 Å². The molecule has 2 amide bonds. The van der Waals surface area contributed by atoms with E-state index < -0.39 is 5.54 Å². The normalized spacial score (nSPS) is 31.2. The number of allylic oxidation sites excluding steroid dienone is 1. The Hall–Kier alpha value is -1.32. The summed E-state index contributed by atoms with van der Waals surface area (Å²) in [5, 5.41) is 3.01. The lowest BCUT2D eigenvalue weighted by Gasteiger charge is -2.45. The molecule has 2 rings (SSSR count). The third-order valence-electron chi connectivity index (χ3n) is 4.39. The summed E-state index contributed by atoms with van der Waals surface area (Å²) in [6, 6.07) is -0.328. The molecule has 2 fully saturated rings. The molecule has 0 aromatic rings. The first-order valence-electron chi connectivity index (χ1n) is 7.64. The Morgan fingerprint density at radius 2 is 2.05 bits per heavy atom. The van der Waals surface area contributed by atoms with E-state index in [1.807, 2.05) is 26.0 Å². The molecular weight excluding hydrogens is 252 g/mol. The molecule has 1 saturated heterocycles. The average Bonchev–Trinajstić information content (AvgIpc) is 3.19. The molecule has 1 aliphatic carbocycles. The van der Waals surface area contributed by atoms with Gasteiger partial charge >= 0.3 is 0 Å². The van der Waals surface area contributed by atoms with Crippen molar-refractivity contribution in [3.05, 3.63) is 12.2 Å². The smallest absolute Gasteiger partial charge is 0.249 e. The maximum absolute atomic E-state index is 12.8. The number of rotatable bonds is 5. The summed E-state index contributed by atoms with van der Waals surface area (Å²) < 4.78 is 0. The number of hydrogen-bond acceptors (Lipinski definition) is 2. The van der Waals surface area contributed by atoms with Crippen molar-refractivity contribution >= 4 is 11.8 Å². The minimum atomic E-state index is -0.688. The monoisotopic (exact) mass is 278 g/mol. The van der Waals surface area contributed by atoms with Crippen molar-refractivity contribution in [3.63, 3.8) is 0 Å². The van der Waals surface area contributed by atoms with E-state index in [9.17, 15) is 9.59 Å². The van der Waals surface area contributed by atoms with Crippen LogP contribution < -0.4 is 5.32 Å². The van der Waals surface area contributed by atoms with Crippen LogP contribution in [0.3, 0.4) is 0 Å². The van der Waals surface area contributed by atoms with E-state index in [1.165, 1.54) is 0 Å². The molecule has 0 bridgehead atoms. The highest BCUT2D eigenvalue weighted by molar-refractivity contribution is 6.00. The quantitative estimate of drug-likeness (QED) is 0.783. The molecule has 1 saturated carbocycles. The minimum absolute atomic E-state index is 0.0113. The standard InChI is InChI=1S/C16H26N2O2/c1-5-6-9-18-13(10-11(2)3)14(19)17-16(4,15(18)20)12-7-8-12/h5-6,11-13H,7-10H2,1-4H3,(H,17,19)/b6-5+. The molecule has 1 N–H and O–H groups in total. The molecule has 4 nitrogen and oxygen atoms in total. The summed E-state index contributed by atoms with van der Waals surface area (Å²) in [4.78, 5) is 27.1. The lowest BCUT2D eigenvalue weighted by molar-refractivity contribution is -0.155. The predicted octanol–water partition coefficient (Wildman–Crippen LogP) is 2.10. The molecule has 20 heavy (non-hydrogen) atoms. The summed E-state index contributed by atoms with van der Waals surface area (Å²) in [5.74, 6) is 0.796. The summed E-state index contributed by atoms with van der Waals surface area (Å²) >= 11 is 0. The van der Waals surface area contributed by atoms with Crippen molar-refractivity contribution in [1.29, 1.82) is 0 Å². The fourth-order valence-electron chi connectivity index (χ4n) is 3.02. The highest BCUT2D eigenvalue weighted by Gasteiger charge is 2.54. The highest BCUT2D eigenvalue weighted by atomic mass is 16.2. The van der Waals surface area contributed by atoms with Crippen LogP contribution in [-0.2, 0) is 9.59 Å². The Kier molecular flexibility index (Phi) is 4.21. The molecule has 112 valence electrons. The SMILES string of the molecule is C/C=C/CN1C(=O)C(C)(C2CC2)NC(=O)C1CC(C)C. The zero-order valence-electron chi connectivity index (χ0n) is 13.0. The van der Waals surface area contributed by atoms with Gasteiger partial charge in [-0.3, -0.25) is 9.59 Å². The van der Waals surface area contributed by atoms with Gasteiger partial charge in [-0.25, -0.2) is 0 Å². The minimum Gasteiger partial charge on any atom is -0.340 e. The van der Waals surface area contributed by atoms with Crippen LogP contribution >= 0.6 is 0 Å². The van der Waals surface area contributed by atoms with Crippen molar-refractivity contribution in [3.8, 4) is 0 Å². The zero-order chi connectivity index (χ0) is 14.9. The van der Waals surface area contributed by atoms with Crippen LogP contribution in [0.5, 0.6) is 0 Å². The summed E-state index contributed by atoms with van der Waals surface area (Å²) in [7, 11) is 0. The van der Waals surface area contributed by atoms with Crippen molar-refractivity contribution in [2.45, 2.75) is 58.5 Å². The Bertz CT molecular complexity index is 426. The van der Waals surface area contributed by atoms with Crippen LogP contribution in [0.25, 0.3) is 0 Å². The van der Waals surface area contributed by atoms with E-state index in [-0.39, 0.29) is 17.9 Å². The van der Waals surface area contributed by atoms with Gasteiger partial charge in [0, 0.05) is 6.54 Å². The molecule has 2 aliphatic rings. The van der Waals surface area contributed by atoms with Crippen LogP contribution in [0.15, 0.2) is 12.2 Å². The lowest BCUT2D eigenvalue weighted by atomic mass is 9.87. The second-order valence-corrected chi connectivity index (χ2v) is 6.64. The third-order valence-corrected chi connectivity index (χ3v) is 4.39. The number of piperazine rings is 1. The number of nitrogens with zero attached hydrogens (tertiary/aromatic N) is 1. The number of carbonyl (C=O) groups is 2. The Morgan fingerprint density at radius 1 is 1.40 bits per heavy atom. The van der Waals surface area contributed by atoms with Gasteiger partial charge in [0.15, 0.2) is 0 Å². The fraction of sp³-hybridized carbons (Fsp3) is 0.750. The Morgan fingerprint density at radius 3 is 2.55 bits per heavy atom. The molecule has 2 unspecified atom stereocenters. The van der Waals surface area contributed by atoms with Crippen LogP contribution in [0.2, 0.25) is 0 Å². The summed E-state index contributed by atoms with van der Waals surface area (Å²) in [6.45, 7) is 8.52. The van der Waals surface area contributed by atoms with Crippen LogP contribution in [0, 0.1) is 11.8 Å². The van der Waals surface area contributed by atoms with Crippen molar-refractivity contribution in [2.75, 3.05) is 6.54 Å². The molecule has 0 aromatic heterocycles. The molecule has 0 radical (unpaired) electrons. The summed E-state index contributed by atoms with van der Waals surface area (Å²) in [6.07, 6.45) is 6.68. The van der Waals surface area contributed by atoms with Gasteiger partial charge in [0.05, 0.1) is 0 Å². The average molecular weight is 278 g/mol. The van der Waals surface area contributed by atoms with E-state index in [2.05, 4.69) is 19.2 Å². The maximum atomic E-state index is 12.8. The largest absolute Gasteiger partial charge is 0.340 e. The van der Waals surface area contributed by atoms with Gasteiger partial charge in [0.2, 0.25) is 11.8 Å². The first-order valence-corrected chi connectivity index (χ1v) is 7.64. The third kappa shape index (κ3) is 2.74. The lowest BCUT2D eigenvalue weighted by Crippen LogP contribution is -2.70.